The number of likely N-dealkylation sites (N-methyl/N-ethyl adjacent to an activating group) is 1. The first kappa shape index (κ1) is 16.3. The molecule has 2 aromatic carbocycles. The van der Waals surface area contributed by atoms with Crippen LogP contribution in [0.15, 0.2) is 40.9 Å². The van der Waals surface area contributed by atoms with Crippen molar-refractivity contribution in [1.82, 2.24) is 5.32 Å². The Labute approximate surface area is 136 Å². The van der Waals surface area contributed by atoms with Gasteiger partial charge in [0.05, 0.1) is 0 Å². The number of halogens is 1. The fourth-order valence-electron chi connectivity index (χ4n) is 3.07. The predicted octanol–water partition coefficient (Wildman–Crippen LogP) is 4.92. The van der Waals surface area contributed by atoms with Crippen LogP contribution in [-0.4, -0.2) is 13.6 Å². The van der Waals surface area contributed by atoms with Crippen molar-refractivity contribution >= 4 is 15.9 Å². The fourth-order valence-corrected chi connectivity index (χ4v) is 3.33. The van der Waals surface area contributed by atoms with Crippen LogP contribution in [0.2, 0.25) is 0 Å². The van der Waals surface area contributed by atoms with E-state index in [-0.39, 0.29) is 0 Å². The Kier molecular flexibility index (Phi) is 5.60. The lowest BCUT2D eigenvalue weighted by Crippen LogP contribution is -2.20. The average molecular weight is 346 g/mol. The molecule has 0 saturated heterocycles. The van der Waals surface area contributed by atoms with Gasteiger partial charge >= 0.3 is 0 Å². The van der Waals surface area contributed by atoms with Crippen molar-refractivity contribution in [3.8, 4) is 0 Å². The lowest BCUT2D eigenvalue weighted by atomic mass is 9.87. The summed E-state index contributed by atoms with van der Waals surface area (Å²) in [6, 6.07) is 13.3. The molecule has 1 N–H and O–H groups in total. The van der Waals surface area contributed by atoms with E-state index >= 15 is 0 Å². The third-order valence-corrected chi connectivity index (χ3v) is 4.61. The molecule has 1 nitrogen and oxygen atoms in total. The molecule has 2 aromatic rings. The van der Waals surface area contributed by atoms with Gasteiger partial charge in [-0.25, -0.2) is 0 Å². The minimum Gasteiger partial charge on any atom is -0.319 e. The summed E-state index contributed by atoms with van der Waals surface area (Å²) in [5.74, 6) is 0.503. The summed E-state index contributed by atoms with van der Waals surface area (Å²) in [6.45, 7) is 7.62. The zero-order valence-electron chi connectivity index (χ0n) is 13.3. The Morgan fingerprint density at radius 2 is 1.57 bits per heavy atom. The molecule has 0 amide bonds. The van der Waals surface area contributed by atoms with E-state index in [2.05, 4.69) is 78.4 Å². The van der Waals surface area contributed by atoms with Gasteiger partial charge in [-0.3, -0.25) is 0 Å². The standard InChI is InChI=1S/C19H24BrN/c1-13-9-14(2)19(15(3)10-13)11-17(12-21-4)16-5-7-18(20)8-6-16/h5-10,17,21H,11-12H2,1-4H3. The number of nitrogens with one attached hydrogen (secondary N) is 1. The van der Waals surface area contributed by atoms with Gasteiger partial charge in [0.1, 0.15) is 0 Å². The van der Waals surface area contributed by atoms with Crippen molar-refractivity contribution in [2.75, 3.05) is 13.6 Å². The quantitative estimate of drug-likeness (QED) is 0.810. The van der Waals surface area contributed by atoms with Crippen molar-refractivity contribution < 1.29 is 0 Å². The third kappa shape index (κ3) is 4.18. The van der Waals surface area contributed by atoms with Gasteiger partial charge in [0.2, 0.25) is 0 Å². The molecule has 2 rings (SSSR count). The minimum absolute atomic E-state index is 0.503. The minimum atomic E-state index is 0.503. The van der Waals surface area contributed by atoms with Crippen LogP contribution in [-0.2, 0) is 6.42 Å². The lowest BCUT2D eigenvalue weighted by molar-refractivity contribution is 0.622. The van der Waals surface area contributed by atoms with Crippen LogP contribution in [0.4, 0.5) is 0 Å². The molecular formula is C19H24BrN. The highest BCUT2D eigenvalue weighted by atomic mass is 79.9. The van der Waals surface area contributed by atoms with Gasteiger partial charge in [0.15, 0.2) is 0 Å². The van der Waals surface area contributed by atoms with Gasteiger partial charge in [-0.1, -0.05) is 45.8 Å². The van der Waals surface area contributed by atoms with Crippen LogP contribution in [0.1, 0.15) is 33.7 Å². The number of rotatable bonds is 5. The van der Waals surface area contributed by atoms with Crippen molar-refractivity contribution in [1.29, 1.82) is 0 Å². The lowest BCUT2D eigenvalue weighted by Gasteiger charge is -2.20. The van der Waals surface area contributed by atoms with Gasteiger partial charge in [-0.05, 0) is 68.6 Å². The SMILES string of the molecule is CNCC(Cc1c(C)cc(C)cc1C)c1ccc(Br)cc1. The van der Waals surface area contributed by atoms with Gasteiger partial charge in [-0.2, -0.15) is 0 Å². The smallest absolute Gasteiger partial charge is 0.0175 e. The second-order valence-electron chi connectivity index (χ2n) is 5.89. The summed E-state index contributed by atoms with van der Waals surface area (Å²) in [5.41, 5.74) is 7.05. The maximum atomic E-state index is 3.52. The first-order chi connectivity index (χ1) is 10.0. The van der Waals surface area contributed by atoms with E-state index in [0.29, 0.717) is 5.92 Å². The number of benzene rings is 2. The molecule has 0 fully saturated rings. The largest absolute Gasteiger partial charge is 0.319 e. The molecule has 2 heteroatoms. The van der Waals surface area contributed by atoms with Gasteiger partial charge in [-0.15, -0.1) is 0 Å². The highest BCUT2D eigenvalue weighted by Gasteiger charge is 2.14. The second kappa shape index (κ2) is 7.24. The fraction of sp³-hybridized carbons (Fsp3) is 0.368. The zero-order valence-corrected chi connectivity index (χ0v) is 14.9. The Morgan fingerprint density at radius 3 is 2.10 bits per heavy atom. The van der Waals surface area contributed by atoms with Gasteiger partial charge in [0, 0.05) is 16.9 Å². The molecule has 1 atom stereocenters. The summed E-state index contributed by atoms with van der Waals surface area (Å²) in [5, 5.41) is 3.34. The molecule has 0 saturated carbocycles. The molecule has 0 heterocycles. The van der Waals surface area contributed by atoms with E-state index in [4.69, 9.17) is 0 Å². The molecule has 0 aliphatic heterocycles. The summed E-state index contributed by atoms with van der Waals surface area (Å²) < 4.78 is 1.14. The summed E-state index contributed by atoms with van der Waals surface area (Å²) in [4.78, 5) is 0. The van der Waals surface area contributed by atoms with E-state index in [1.807, 2.05) is 7.05 Å². The van der Waals surface area contributed by atoms with Crippen LogP contribution in [0, 0.1) is 20.8 Å². The number of hydrogen-bond donors (Lipinski definition) is 1. The highest BCUT2D eigenvalue weighted by molar-refractivity contribution is 9.10. The molecule has 0 spiro atoms. The maximum Gasteiger partial charge on any atom is 0.0175 e. The highest BCUT2D eigenvalue weighted by Crippen LogP contribution is 2.26. The number of aryl methyl sites for hydroxylation is 3. The Morgan fingerprint density at radius 1 is 1.00 bits per heavy atom. The first-order valence-corrected chi connectivity index (χ1v) is 8.27. The van der Waals surface area contributed by atoms with Crippen molar-refractivity contribution in [2.45, 2.75) is 33.1 Å². The summed E-state index contributed by atoms with van der Waals surface area (Å²) >= 11 is 3.52. The van der Waals surface area contributed by atoms with Gasteiger partial charge < -0.3 is 5.32 Å². The van der Waals surface area contributed by atoms with Crippen LogP contribution >= 0.6 is 15.9 Å². The molecule has 0 radical (unpaired) electrons. The Balaban J connectivity index is 2.30. The molecule has 21 heavy (non-hydrogen) atoms. The third-order valence-electron chi connectivity index (χ3n) is 4.08. The van der Waals surface area contributed by atoms with E-state index in [1.54, 1.807) is 0 Å². The number of hydrogen-bond acceptors (Lipinski definition) is 1. The summed E-state index contributed by atoms with van der Waals surface area (Å²) in [7, 11) is 2.03. The average Bonchev–Trinajstić information content (AvgIpc) is 2.42. The predicted molar refractivity (Wildman–Crippen MR) is 95.2 cm³/mol. The van der Waals surface area contributed by atoms with Crippen LogP contribution in [0.5, 0.6) is 0 Å². The van der Waals surface area contributed by atoms with Crippen LogP contribution in [0.3, 0.4) is 0 Å². The summed E-state index contributed by atoms with van der Waals surface area (Å²) in [6.07, 6.45) is 1.08. The van der Waals surface area contributed by atoms with E-state index in [1.165, 1.54) is 27.8 Å². The second-order valence-corrected chi connectivity index (χ2v) is 6.80. The molecule has 1 unspecified atom stereocenters. The Hall–Kier alpha value is -1.12. The zero-order chi connectivity index (χ0) is 15.4. The van der Waals surface area contributed by atoms with Crippen molar-refractivity contribution in [2.24, 2.45) is 0 Å². The first-order valence-electron chi connectivity index (χ1n) is 7.48. The topological polar surface area (TPSA) is 12.0 Å². The van der Waals surface area contributed by atoms with Gasteiger partial charge in [0.25, 0.3) is 0 Å². The van der Waals surface area contributed by atoms with Crippen LogP contribution in [0.25, 0.3) is 0 Å². The Bertz CT molecular complexity index is 578. The van der Waals surface area contributed by atoms with Crippen molar-refractivity contribution in [3.63, 3.8) is 0 Å². The molecule has 0 bridgehead atoms. The molecule has 112 valence electrons. The monoisotopic (exact) mass is 345 g/mol. The van der Waals surface area contributed by atoms with Crippen LogP contribution < -0.4 is 5.32 Å². The van der Waals surface area contributed by atoms with E-state index in [9.17, 15) is 0 Å². The van der Waals surface area contributed by atoms with Crippen molar-refractivity contribution in [3.05, 3.63) is 68.7 Å². The molecular weight excluding hydrogens is 322 g/mol. The molecule has 0 aromatic heterocycles. The van der Waals surface area contributed by atoms with E-state index < -0.39 is 0 Å². The molecule has 0 aliphatic carbocycles. The van der Waals surface area contributed by atoms with E-state index in [0.717, 1.165) is 17.4 Å². The normalized spacial score (nSPS) is 12.4. The molecule has 0 aliphatic rings. The maximum absolute atomic E-state index is 3.52.